The fraction of sp³-hybridized carbons (Fsp3) is 0.667. The average Bonchev–Trinajstić information content (AvgIpc) is 2.98. The first kappa shape index (κ1) is 12.9. The van der Waals surface area contributed by atoms with Crippen LogP contribution in [0.25, 0.3) is 0 Å². The summed E-state index contributed by atoms with van der Waals surface area (Å²) in [6.45, 7) is 3.36. The van der Waals surface area contributed by atoms with Crippen LogP contribution >= 0.6 is 0 Å². The Morgan fingerprint density at radius 2 is 2.50 bits per heavy atom. The molecule has 0 radical (unpaired) electrons. The van der Waals surface area contributed by atoms with Gasteiger partial charge in [-0.2, -0.15) is 5.10 Å². The highest BCUT2D eigenvalue weighted by atomic mass is 16.5. The molecular formula is C12H20N4O2. The molecule has 100 valence electrons. The van der Waals surface area contributed by atoms with Gasteiger partial charge < -0.3 is 15.8 Å². The van der Waals surface area contributed by atoms with E-state index in [4.69, 9.17) is 10.5 Å². The number of ether oxygens (including phenoxy) is 1. The molecule has 4 N–H and O–H groups in total. The van der Waals surface area contributed by atoms with E-state index < -0.39 is 0 Å². The zero-order valence-electron chi connectivity index (χ0n) is 10.7. The van der Waals surface area contributed by atoms with E-state index >= 15 is 0 Å². The molecule has 0 aliphatic carbocycles. The summed E-state index contributed by atoms with van der Waals surface area (Å²) in [5.74, 6) is -0.235. The van der Waals surface area contributed by atoms with Crippen LogP contribution in [0.15, 0.2) is 0 Å². The molecule has 1 unspecified atom stereocenters. The minimum atomic E-state index is -0.235. The van der Waals surface area contributed by atoms with Crippen LogP contribution in [-0.4, -0.2) is 35.4 Å². The van der Waals surface area contributed by atoms with E-state index in [1.807, 2.05) is 0 Å². The largest absolute Gasteiger partial charge is 0.395 e. The van der Waals surface area contributed by atoms with Gasteiger partial charge in [0.15, 0.2) is 5.69 Å². The van der Waals surface area contributed by atoms with Crippen molar-refractivity contribution in [3.05, 3.63) is 11.4 Å². The molecule has 1 saturated heterocycles. The molecule has 6 nitrogen and oxygen atoms in total. The number of nitrogen functional groups attached to an aromatic ring is 1. The first-order valence-corrected chi connectivity index (χ1v) is 6.45. The van der Waals surface area contributed by atoms with Gasteiger partial charge in [0.2, 0.25) is 0 Å². The molecule has 2 rings (SSSR count). The molecule has 1 fully saturated rings. The molecular weight excluding hydrogens is 232 g/mol. The van der Waals surface area contributed by atoms with Crippen LogP contribution in [0.3, 0.4) is 0 Å². The summed E-state index contributed by atoms with van der Waals surface area (Å²) in [7, 11) is 0. The second kappa shape index (κ2) is 5.86. The summed E-state index contributed by atoms with van der Waals surface area (Å²) in [5.41, 5.74) is 7.47. The minimum absolute atomic E-state index is 0.129. The number of nitrogens with zero attached hydrogens (tertiary/aromatic N) is 1. The van der Waals surface area contributed by atoms with Gasteiger partial charge in [-0.25, -0.2) is 0 Å². The third kappa shape index (κ3) is 2.81. The Hall–Kier alpha value is -1.56. The van der Waals surface area contributed by atoms with Gasteiger partial charge in [-0.3, -0.25) is 9.89 Å². The molecule has 0 aromatic carbocycles. The standard InChI is InChI=1S/C12H20N4O2/c1-2-4-9-10(13)11(16-15-9)12(17)14-7-8-5-3-6-18-8/h8H,2-7,13H2,1H3,(H,14,17)(H,15,16). The van der Waals surface area contributed by atoms with Crippen molar-refractivity contribution in [2.75, 3.05) is 18.9 Å². The summed E-state index contributed by atoms with van der Waals surface area (Å²) in [6.07, 6.45) is 3.95. The van der Waals surface area contributed by atoms with Crippen LogP contribution in [-0.2, 0) is 11.2 Å². The molecule has 1 aliphatic rings. The summed E-state index contributed by atoms with van der Waals surface area (Å²) in [4.78, 5) is 11.9. The fourth-order valence-corrected chi connectivity index (χ4v) is 2.10. The fourth-order valence-electron chi connectivity index (χ4n) is 2.10. The smallest absolute Gasteiger partial charge is 0.274 e. The van der Waals surface area contributed by atoms with Crippen molar-refractivity contribution in [1.29, 1.82) is 0 Å². The number of nitrogens with one attached hydrogen (secondary N) is 2. The zero-order valence-corrected chi connectivity index (χ0v) is 10.7. The Kier molecular flexibility index (Phi) is 4.19. The predicted molar refractivity (Wildman–Crippen MR) is 68.3 cm³/mol. The van der Waals surface area contributed by atoms with E-state index in [1.165, 1.54) is 0 Å². The Balaban J connectivity index is 1.91. The quantitative estimate of drug-likeness (QED) is 0.724. The van der Waals surface area contributed by atoms with Crippen LogP contribution in [0.5, 0.6) is 0 Å². The van der Waals surface area contributed by atoms with Gasteiger partial charge in [0.25, 0.3) is 5.91 Å². The number of hydrogen-bond acceptors (Lipinski definition) is 4. The highest BCUT2D eigenvalue weighted by Crippen LogP contribution is 2.16. The van der Waals surface area contributed by atoms with E-state index in [9.17, 15) is 4.79 Å². The monoisotopic (exact) mass is 252 g/mol. The Bertz CT molecular complexity index is 410. The number of nitrogens with two attached hydrogens (primary N) is 1. The minimum Gasteiger partial charge on any atom is -0.395 e. The first-order chi connectivity index (χ1) is 8.72. The lowest BCUT2D eigenvalue weighted by molar-refractivity contribution is 0.0854. The number of aromatic nitrogens is 2. The molecule has 6 heteroatoms. The van der Waals surface area contributed by atoms with Crippen molar-refractivity contribution in [2.45, 2.75) is 38.7 Å². The predicted octanol–water partition coefficient (Wildman–Crippen LogP) is 0.853. The molecule has 1 aromatic heterocycles. The summed E-state index contributed by atoms with van der Waals surface area (Å²) in [6, 6.07) is 0. The van der Waals surface area contributed by atoms with E-state index in [0.29, 0.717) is 12.2 Å². The molecule has 0 saturated carbocycles. The molecule has 1 atom stereocenters. The topological polar surface area (TPSA) is 93.0 Å². The van der Waals surface area contributed by atoms with Gasteiger partial charge in [0, 0.05) is 13.2 Å². The molecule has 0 spiro atoms. The van der Waals surface area contributed by atoms with Gasteiger partial charge in [-0.15, -0.1) is 0 Å². The zero-order chi connectivity index (χ0) is 13.0. The van der Waals surface area contributed by atoms with Gasteiger partial charge >= 0.3 is 0 Å². The SMILES string of the molecule is CCCc1[nH]nc(C(=O)NCC2CCCO2)c1N. The van der Waals surface area contributed by atoms with Crippen molar-refractivity contribution in [2.24, 2.45) is 0 Å². The first-order valence-electron chi connectivity index (χ1n) is 6.45. The highest BCUT2D eigenvalue weighted by molar-refractivity contribution is 5.97. The lowest BCUT2D eigenvalue weighted by Gasteiger charge is -2.09. The number of anilines is 1. The van der Waals surface area contributed by atoms with Crippen molar-refractivity contribution in [1.82, 2.24) is 15.5 Å². The van der Waals surface area contributed by atoms with Gasteiger partial charge in [-0.1, -0.05) is 13.3 Å². The molecule has 1 aliphatic heterocycles. The Morgan fingerprint density at radius 3 is 3.17 bits per heavy atom. The maximum absolute atomic E-state index is 11.9. The normalized spacial score (nSPS) is 19.1. The van der Waals surface area contributed by atoms with Crippen LogP contribution < -0.4 is 11.1 Å². The summed E-state index contributed by atoms with van der Waals surface area (Å²) in [5, 5.41) is 9.60. The van der Waals surface area contributed by atoms with E-state index in [1.54, 1.807) is 0 Å². The van der Waals surface area contributed by atoms with Crippen LogP contribution in [0.2, 0.25) is 0 Å². The average molecular weight is 252 g/mol. The van der Waals surface area contributed by atoms with Crippen molar-refractivity contribution in [3.8, 4) is 0 Å². The number of carbonyl (C=O) groups is 1. The molecule has 18 heavy (non-hydrogen) atoms. The maximum Gasteiger partial charge on any atom is 0.274 e. The lowest BCUT2D eigenvalue weighted by Crippen LogP contribution is -2.32. The highest BCUT2D eigenvalue weighted by Gasteiger charge is 2.20. The van der Waals surface area contributed by atoms with Crippen LogP contribution in [0.1, 0.15) is 42.4 Å². The maximum atomic E-state index is 11.9. The molecule has 2 heterocycles. The number of hydrogen-bond donors (Lipinski definition) is 3. The third-order valence-electron chi connectivity index (χ3n) is 3.11. The van der Waals surface area contributed by atoms with Gasteiger partial charge in [0.05, 0.1) is 17.5 Å². The van der Waals surface area contributed by atoms with E-state index in [0.717, 1.165) is 38.0 Å². The number of H-pyrrole nitrogens is 1. The number of aromatic amines is 1. The molecule has 0 bridgehead atoms. The Morgan fingerprint density at radius 1 is 1.67 bits per heavy atom. The van der Waals surface area contributed by atoms with E-state index in [2.05, 4.69) is 22.4 Å². The lowest BCUT2D eigenvalue weighted by atomic mass is 10.2. The number of carbonyl (C=O) groups excluding carboxylic acids is 1. The van der Waals surface area contributed by atoms with Gasteiger partial charge in [-0.05, 0) is 19.3 Å². The van der Waals surface area contributed by atoms with Crippen LogP contribution in [0.4, 0.5) is 5.69 Å². The molecule has 1 aromatic rings. The van der Waals surface area contributed by atoms with Crippen molar-refractivity contribution in [3.63, 3.8) is 0 Å². The van der Waals surface area contributed by atoms with E-state index in [-0.39, 0.29) is 17.7 Å². The van der Waals surface area contributed by atoms with Gasteiger partial charge in [0.1, 0.15) is 0 Å². The second-order valence-electron chi connectivity index (χ2n) is 4.56. The summed E-state index contributed by atoms with van der Waals surface area (Å²) >= 11 is 0. The second-order valence-corrected chi connectivity index (χ2v) is 4.56. The number of aryl methyl sites for hydroxylation is 1. The third-order valence-corrected chi connectivity index (χ3v) is 3.11. The van der Waals surface area contributed by atoms with Crippen molar-refractivity contribution < 1.29 is 9.53 Å². The number of amides is 1. The van der Waals surface area contributed by atoms with Crippen LogP contribution in [0, 0.1) is 0 Å². The number of rotatable bonds is 5. The van der Waals surface area contributed by atoms with Crippen molar-refractivity contribution >= 4 is 11.6 Å². The Labute approximate surface area is 106 Å². The molecule has 1 amide bonds. The summed E-state index contributed by atoms with van der Waals surface area (Å²) < 4.78 is 5.44.